The second-order valence-corrected chi connectivity index (χ2v) is 9.43. The molecule has 0 aliphatic rings. The minimum Gasteiger partial charge on any atom is -0.309 e. The van der Waals surface area contributed by atoms with Crippen LogP contribution in [0.15, 0.2) is 48.9 Å². The zero-order valence-corrected chi connectivity index (χ0v) is 19.0. The highest BCUT2D eigenvalue weighted by Gasteiger charge is 2.13. The molecule has 4 rings (SSSR count). The first-order chi connectivity index (χ1) is 14.1. The number of thioether (sulfide) groups is 1. The molecule has 1 aromatic carbocycles. The summed E-state index contributed by atoms with van der Waals surface area (Å²) < 4.78 is 3.23. The number of thiophene rings is 1. The van der Waals surface area contributed by atoms with Crippen LogP contribution in [0.2, 0.25) is 0 Å². The lowest BCUT2D eigenvalue weighted by molar-refractivity contribution is 0.541. The Bertz CT molecular complexity index is 1300. The van der Waals surface area contributed by atoms with E-state index in [0.29, 0.717) is 44.4 Å². The molecule has 0 bridgehead atoms. The number of rotatable bonds is 7. The van der Waals surface area contributed by atoms with Crippen LogP contribution in [-0.2, 0) is 12.3 Å². The van der Waals surface area contributed by atoms with Gasteiger partial charge in [0.15, 0.2) is 5.16 Å². The fourth-order valence-electron chi connectivity index (χ4n) is 3.12. The monoisotopic (exact) mass is 490 g/mol. The average Bonchev–Trinajstić information content (AvgIpc) is 3.18. The van der Waals surface area contributed by atoms with Crippen molar-refractivity contribution in [3.63, 3.8) is 0 Å². The first-order valence-electron chi connectivity index (χ1n) is 9.36. The van der Waals surface area contributed by atoms with Crippen LogP contribution in [0.1, 0.15) is 32.0 Å². The Morgan fingerprint density at radius 1 is 1.17 bits per heavy atom. The van der Waals surface area contributed by atoms with Crippen molar-refractivity contribution in [1.29, 1.82) is 0 Å². The molecule has 6 nitrogen and oxygen atoms in total. The normalized spacial score (nSPS) is 11.5. The summed E-state index contributed by atoms with van der Waals surface area (Å²) in [6.45, 7) is 2.76. The Kier molecular flexibility index (Phi) is 6.17. The number of halogens is 1. The molecular weight excluding hydrogens is 472 g/mol. The fraction of sp³-hybridized carbons (Fsp3) is 0.300. The van der Waals surface area contributed by atoms with Gasteiger partial charge in [0, 0.05) is 11.0 Å². The lowest BCUT2D eigenvalue weighted by Gasteiger charge is -2.13. The smallest absolute Gasteiger partial charge is 0.268 e. The predicted molar refractivity (Wildman–Crippen MR) is 123 cm³/mol. The van der Waals surface area contributed by atoms with Crippen molar-refractivity contribution < 1.29 is 0 Å². The molecule has 4 aromatic rings. The summed E-state index contributed by atoms with van der Waals surface area (Å²) in [5, 5.41) is 3.11. The lowest BCUT2D eigenvalue weighted by Crippen LogP contribution is -2.23. The van der Waals surface area contributed by atoms with E-state index < -0.39 is 0 Å². The van der Waals surface area contributed by atoms with Crippen molar-refractivity contribution in [3.05, 3.63) is 60.7 Å². The summed E-state index contributed by atoms with van der Waals surface area (Å²) in [6.07, 6.45) is 3.05. The van der Waals surface area contributed by atoms with E-state index in [0.717, 1.165) is 23.7 Å². The molecule has 0 spiro atoms. The third-order valence-electron chi connectivity index (χ3n) is 4.57. The van der Waals surface area contributed by atoms with E-state index in [1.165, 1.54) is 23.1 Å². The molecule has 0 unspecified atom stereocenters. The van der Waals surface area contributed by atoms with Gasteiger partial charge < -0.3 is 4.98 Å². The molecule has 0 saturated carbocycles. The van der Waals surface area contributed by atoms with Gasteiger partial charge in [0.2, 0.25) is 0 Å². The van der Waals surface area contributed by atoms with E-state index in [4.69, 9.17) is 4.98 Å². The summed E-state index contributed by atoms with van der Waals surface area (Å²) in [7, 11) is 0. The van der Waals surface area contributed by atoms with Gasteiger partial charge in [0.05, 0.1) is 22.2 Å². The molecule has 0 atom stereocenters. The van der Waals surface area contributed by atoms with Crippen LogP contribution < -0.4 is 11.1 Å². The molecular formula is C20H19BrN4O2S2. The van der Waals surface area contributed by atoms with Gasteiger partial charge in [0.25, 0.3) is 11.1 Å². The van der Waals surface area contributed by atoms with E-state index in [-0.39, 0.29) is 11.1 Å². The third kappa shape index (κ3) is 4.31. The number of nitrogens with one attached hydrogen (secondary N) is 1. The maximum atomic E-state index is 13.1. The number of unbranched alkanes of at least 4 members (excludes halogenated alkanes) is 2. The molecule has 3 heterocycles. The molecule has 0 saturated heterocycles. The van der Waals surface area contributed by atoms with Gasteiger partial charge >= 0.3 is 0 Å². The van der Waals surface area contributed by atoms with Crippen molar-refractivity contribution in [3.8, 4) is 0 Å². The number of H-pyrrole nitrogens is 1. The maximum Gasteiger partial charge on any atom is 0.268 e. The number of hydrogen-bond acceptors (Lipinski definition) is 6. The number of aromatic amines is 1. The second-order valence-electron chi connectivity index (χ2n) is 6.66. The Morgan fingerprint density at radius 3 is 2.86 bits per heavy atom. The third-order valence-corrected chi connectivity index (χ3v) is 6.95. The molecule has 0 aliphatic carbocycles. The van der Waals surface area contributed by atoms with Gasteiger partial charge in [0.1, 0.15) is 10.5 Å². The van der Waals surface area contributed by atoms with Crippen LogP contribution in [0.3, 0.4) is 0 Å². The molecule has 29 heavy (non-hydrogen) atoms. The molecule has 9 heteroatoms. The first kappa shape index (κ1) is 20.3. The minimum absolute atomic E-state index is 0.0374. The van der Waals surface area contributed by atoms with Crippen molar-refractivity contribution in [1.82, 2.24) is 19.5 Å². The molecule has 0 amide bonds. The highest BCUT2D eigenvalue weighted by atomic mass is 79.9. The first-order valence-corrected chi connectivity index (χ1v) is 12.0. The number of nitrogens with zero attached hydrogens (tertiary/aromatic N) is 3. The Balaban J connectivity index is 1.70. The van der Waals surface area contributed by atoms with Gasteiger partial charge in [-0.25, -0.2) is 9.97 Å². The van der Waals surface area contributed by atoms with Crippen molar-refractivity contribution in [2.75, 3.05) is 0 Å². The van der Waals surface area contributed by atoms with Crippen molar-refractivity contribution in [2.24, 2.45) is 0 Å². The van der Waals surface area contributed by atoms with Crippen LogP contribution in [-0.4, -0.2) is 19.5 Å². The van der Waals surface area contributed by atoms with Crippen LogP contribution in [0, 0.1) is 0 Å². The van der Waals surface area contributed by atoms with Crippen LogP contribution in [0.5, 0.6) is 0 Å². The molecule has 150 valence electrons. The van der Waals surface area contributed by atoms with Crippen LogP contribution in [0.4, 0.5) is 0 Å². The molecule has 0 fully saturated rings. The van der Waals surface area contributed by atoms with E-state index >= 15 is 0 Å². The van der Waals surface area contributed by atoms with Gasteiger partial charge in [-0.3, -0.25) is 14.2 Å². The lowest BCUT2D eigenvalue weighted by atomic mass is 10.2. The average molecular weight is 491 g/mol. The van der Waals surface area contributed by atoms with Crippen LogP contribution in [0.25, 0.3) is 21.1 Å². The quantitative estimate of drug-likeness (QED) is 0.225. The van der Waals surface area contributed by atoms with E-state index in [2.05, 4.69) is 32.8 Å². The highest BCUT2D eigenvalue weighted by Crippen LogP contribution is 2.24. The fourth-order valence-corrected chi connectivity index (χ4v) is 5.10. The summed E-state index contributed by atoms with van der Waals surface area (Å²) in [5.74, 6) is 1.01. The molecule has 0 radical (unpaired) electrons. The summed E-state index contributed by atoms with van der Waals surface area (Å²) in [6, 6.07) is 7.39. The van der Waals surface area contributed by atoms with Gasteiger partial charge in [-0.1, -0.05) is 47.5 Å². The van der Waals surface area contributed by atoms with E-state index in [1.807, 2.05) is 29.6 Å². The molecule has 1 N–H and O–H groups in total. The highest BCUT2D eigenvalue weighted by molar-refractivity contribution is 9.10. The van der Waals surface area contributed by atoms with Crippen molar-refractivity contribution >= 4 is 60.1 Å². The summed E-state index contributed by atoms with van der Waals surface area (Å²) >= 11 is 6.24. The number of hydrogen-bond donors (Lipinski definition) is 1. The Labute approximate surface area is 183 Å². The molecule has 0 aliphatic heterocycles. The van der Waals surface area contributed by atoms with Crippen LogP contribution >= 0.6 is 39.0 Å². The largest absolute Gasteiger partial charge is 0.309 e. The van der Waals surface area contributed by atoms with Gasteiger partial charge in [-0.05, 0) is 36.1 Å². The summed E-state index contributed by atoms with van der Waals surface area (Å²) in [4.78, 5) is 37.4. The Morgan fingerprint density at radius 2 is 2.03 bits per heavy atom. The summed E-state index contributed by atoms with van der Waals surface area (Å²) in [5.41, 5.74) is 1.20. The van der Waals surface area contributed by atoms with E-state index in [9.17, 15) is 9.59 Å². The predicted octanol–water partition coefficient (Wildman–Crippen LogP) is 4.94. The maximum absolute atomic E-state index is 13.1. The van der Waals surface area contributed by atoms with Gasteiger partial charge in [-0.15, -0.1) is 11.3 Å². The Hall–Kier alpha value is -1.97. The van der Waals surface area contributed by atoms with Gasteiger partial charge in [-0.2, -0.15) is 0 Å². The molecule has 3 aromatic heterocycles. The van der Waals surface area contributed by atoms with Crippen molar-refractivity contribution in [2.45, 2.75) is 43.6 Å². The zero-order valence-electron chi connectivity index (χ0n) is 15.8. The zero-order chi connectivity index (χ0) is 20.4. The standard InChI is InChI=1S/C20H19BrN4O2S2/c1-2-3-4-8-25-19(27)13-10-12(21)5-6-14(13)23-20(25)29-11-16-22-15-7-9-28-17(15)18(26)24-16/h5-7,9-10H,2-4,8,11H2,1H3,(H,22,24,26). The van der Waals surface area contributed by atoms with E-state index in [1.54, 1.807) is 4.57 Å². The number of aromatic nitrogens is 4. The topological polar surface area (TPSA) is 80.6 Å². The second kappa shape index (κ2) is 8.81. The SMILES string of the molecule is CCCCCn1c(SCc2nc3ccsc3c(=O)[nH]2)nc2ccc(Br)cc2c1=O. The number of fused-ring (bicyclic) bond motifs is 2. The minimum atomic E-state index is -0.128. The number of benzene rings is 1.